The topological polar surface area (TPSA) is 41.6 Å². The molecule has 4 nitrogen and oxygen atoms in total. The van der Waals surface area contributed by atoms with Crippen molar-refractivity contribution >= 4 is 5.91 Å². The Kier molecular flexibility index (Phi) is 6.36. The number of hydrogen-bond donors (Lipinski definition) is 1. The van der Waals surface area contributed by atoms with E-state index >= 15 is 0 Å². The molecule has 1 amide bonds. The van der Waals surface area contributed by atoms with Gasteiger partial charge in [-0.1, -0.05) is 36.4 Å². The van der Waals surface area contributed by atoms with Crippen molar-refractivity contribution in [3.63, 3.8) is 0 Å². The number of nitrogens with zero attached hydrogens (tertiary/aromatic N) is 1. The van der Waals surface area contributed by atoms with E-state index in [2.05, 4.69) is 22.3 Å². The molecule has 1 heterocycles. The maximum Gasteiger partial charge on any atom is 0.416 e. The molecule has 150 valence electrons. The molecular weight excluding hydrogens is 369 g/mol. The zero-order valence-corrected chi connectivity index (χ0v) is 15.6. The van der Waals surface area contributed by atoms with E-state index < -0.39 is 17.6 Å². The molecule has 28 heavy (non-hydrogen) atoms. The normalized spacial score (nSPS) is 20.7. The summed E-state index contributed by atoms with van der Waals surface area (Å²) in [6.45, 7) is 2.19. The molecule has 2 aromatic rings. The maximum atomic E-state index is 12.9. The lowest BCUT2D eigenvalue weighted by Gasteiger charge is -2.38. The second-order valence-corrected chi connectivity index (χ2v) is 6.94. The van der Waals surface area contributed by atoms with Crippen molar-refractivity contribution in [1.82, 2.24) is 10.2 Å². The van der Waals surface area contributed by atoms with Crippen LogP contribution in [0.15, 0.2) is 54.6 Å². The highest BCUT2D eigenvalue weighted by atomic mass is 19.4. The Morgan fingerprint density at radius 1 is 1.18 bits per heavy atom. The highest BCUT2D eigenvalue weighted by molar-refractivity contribution is 5.94. The van der Waals surface area contributed by atoms with E-state index in [1.165, 1.54) is 17.7 Å². The first-order chi connectivity index (χ1) is 13.4. The molecule has 0 aromatic heterocycles. The van der Waals surface area contributed by atoms with Crippen molar-refractivity contribution in [1.29, 1.82) is 0 Å². The Hall–Kier alpha value is -2.38. The van der Waals surface area contributed by atoms with Crippen LogP contribution in [0.1, 0.15) is 27.9 Å². The summed E-state index contributed by atoms with van der Waals surface area (Å²) < 4.78 is 44.2. The quantitative estimate of drug-likeness (QED) is 0.843. The molecule has 2 aromatic carbocycles. The third-order valence-corrected chi connectivity index (χ3v) is 4.96. The third-order valence-electron chi connectivity index (χ3n) is 4.96. The lowest BCUT2D eigenvalue weighted by molar-refractivity contribution is -0.137. The van der Waals surface area contributed by atoms with Gasteiger partial charge < -0.3 is 10.1 Å². The summed E-state index contributed by atoms with van der Waals surface area (Å²) in [6, 6.07) is 14.3. The van der Waals surface area contributed by atoms with Gasteiger partial charge in [0, 0.05) is 32.3 Å². The lowest BCUT2D eigenvalue weighted by Crippen LogP contribution is -2.54. The highest BCUT2D eigenvalue weighted by Gasteiger charge is 2.33. The van der Waals surface area contributed by atoms with Gasteiger partial charge in [0.05, 0.1) is 17.7 Å². The summed E-state index contributed by atoms with van der Waals surface area (Å²) in [5.41, 5.74) is 0.362. The zero-order chi connectivity index (χ0) is 20.1. The number of amides is 1. The second-order valence-electron chi connectivity index (χ2n) is 6.94. The van der Waals surface area contributed by atoms with Crippen LogP contribution in [0.3, 0.4) is 0 Å². The number of likely N-dealkylation sites (tertiary alicyclic amines) is 1. The summed E-state index contributed by atoms with van der Waals surface area (Å²) in [7, 11) is 1.58. The molecule has 3 rings (SSSR count). The molecule has 0 saturated carbocycles. The second kappa shape index (κ2) is 8.75. The number of piperidine rings is 1. The average Bonchev–Trinajstić information content (AvgIpc) is 2.69. The minimum atomic E-state index is -4.48. The van der Waals surface area contributed by atoms with Crippen molar-refractivity contribution in [2.45, 2.75) is 31.3 Å². The molecule has 0 spiro atoms. The molecule has 0 radical (unpaired) electrons. The van der Waals surface area contributed by atoms with Gasteiger partial charge in [-0.05, 0) is 30.2 Å². The Bertz CT molecular complexity index is 796. The molecule has 2 atom stereocenters. The molecular formula is C21H23F3N2O2. The first kappa shape index (κ1) is 20.4. The maximum absolute atomic E-state index is 12.9. The van der Waals surface area contributed by atoms with Crippen molar-refractivity contribution in [3.05, 3.63) is 71.3 Å². The van der Waals surface area contributed by atoms with Gasteiger partial charge in [-0.3, -0.25) is 9.69 Å². The molecule has 7 heteroatoms. The largest absolute Gasteiger partial charge is 0.416 e. The van der Waals surface area contributed by atoms with Gasteiger partial charge in [-0.15, -0.1) is 0 Å². The lowest BCUT2D eigenvalue weighted by atomic mass is 10.00. The molecule has 1 aliphatic rings. The Morgan fingerprint density at radius 3 is 2.61 bits per heavy atom. The monoisotopic (exact) mass is 392 g/mol. The number of nitrogens with one attached hydrogen (secondary N) is 1. The summed E-state index contributed by atoms with van der Waals surface area (Å²) in [6.07, 6.45) is -4.04. The molecule has 1 aliphatic heterocycles. The predicted octanol–water partition coefficient (Wildman–Crippen LogP) is 3.72. The summed E-state index contributed by atoms with van der Waals surface area (Å²) in [4.78, 5) is 14.7. The van der Waals surface area contributed by atoms with Gasteiger partial charge in [-0.25, -0.2) is 0 Å². The van der Waals surface area contributed by atoms with Crippen LogP contribution in [-0.4, -0.2) is 43.2 Å². The number of hydrogen-bond acceptors (Lipinski definition) is 3. The number of ether oxygens (including phenoxy) is 1. The summed E-state index contributed by atoms with van der Waals surface area (Å²) in [5.74, 6) is -0.519. The van der Waals surface area contributed by atoms with Gasteiger partial charge in [0.25, 0.3) is 5.91 Å². The van der Waals surface area contributed by atoms with Gasteiger partial charge in [0.1, 0.15) is 0 Å². The van der Waals surface area contributed by atoms with E-state index in [0.717, 1.165) is 25.2 Å². The molecule has 0 aliphatic carbocycles. The Balaban J connectivity index is 1.62. The average molecular weight is 392 g/mol. The summed E-state index contributed by atoms with van der Waals surface area (Å²) in [5, 5.41) is 2.84. The van der Waals surface area contributed by atoms with Gasteiger partial charge in [0.15, 0.2) is 0 Å². The minimum absolute atomic E-state index is 0.00334. The van der Waals surface area contributed by atoms with Crippen molar-refractivity contribution in [2.24, 2.45) is 0 Å². The van der Waals surface area contributed by atoms with E-state index in [1.807, 2.05) is 18.2 Å². The fourth-order valence-electron chi connectivity index (χ4n) is 3.46. The number of alkyl halides is 3. The van der Waals surface area contributed by atoms with Gasteiger partial charge in [0.2, 0.25) is 0 Å². The number of rotatable bonds is 5. The number of methoxy groups -OCH3 is 1. The van der Waals surface area contributed by atoms with Crippen molar-refractivity contribution < 1.29 is 22.7 Å². The van der Waals surface area contributed by atoms with Crippen LogP contribution in [0.4, 0.5) is 13.2 Å². The predicted molar refractivity (Wildman–Crippen MR) is 99.8 cm³/mol. The van der Waals surface area contributed by atoms with Crippen LogP contribution in [0.25, 0.3) is 0 Å². The Morgan fingerprint density at radius 2 is 1.93 bits per heavy atom. The van der Waals surface area contributed by atoms with Gasteiger partial charge >= 0.3 is 6.18 Å². The molecule has 1 saturated heterocycles. The smallest absolute Gasteiger partial charge is 0.378 e. The van der Waals surface area contributed by atoms with E-state index in [0.29, 0.717) is 13.0 Å². The SMILES string of the molecule is CO[C@@H]1CN(Cc2ccccc2)CC[C@H]1NC(=O)c1cccc(C(F)(F)F)c1. The van der Waals surface area contributed by atoms with Crippen LogP contribution in [0.2, 0.25) is 0 Å². The van der Waals surface area contributed by atoms with Crippen molar-refractivity contribution in [2.75, 3.05) is 20.2 Å². The first-order valence-electron chi connectivity index (χ1n) is 9.14. The van der Waals surface area contributed by atoms with Crippen LogP contribution >= 0.6 is 0 Å². The van der Waals surface area contributed by atoms with Crippen LogP contribution < -0.4 is 5.32 Å². The zero-order valence-electron chi connectivity index (χ0n) is 15.6. The molecule has 0 unspecified atom stereocenters. The van der Waals surface area contributed by atoms with Crippen LogP contribution in [-0.2, 0) is 17.5 Å². The molecule has 0 bridgehead atoms. The number of carbonyl (C=O) groups excluding carboxylic acids is 1. The number of benzene rings is 2. The van der Waals surface area contributed by atoms with Crippen LogP contribution in [0, 0.1) is 0 Å². The first-order valence-corrected chi connectivity index (χ1v) is 9.14. The number of carbonyl (C=O) groups is 1. The van der Waals surface area contributed by atoms with Crippen molar-refractivity contribution in [3.8, 4) is 0 Å². The van der Waals surface area contributed by atoms with Crippen LogP contribution in [0.5, 0.6) is 0 Å². The third kappa shape index (κ3) is 5.11. The van der Waals surface area contributed by atoms with Gasteiger partial charge in [-0.2, -0.15) is 13.2 Å². The number of halogens is 3. The fourth-order valence-corrected chi connectivity index (χ4v) is 3.46. The van der Waals surface area contributed by atoms with E-state index in [4.69, 9.17) is 4.74 Å². The van der Waals surface area contributed by atoms with E-state index in [-0.39, 0.29) is 17.7 Å². The molecule has 1 N–H and O–H groups in total. The molecule has 1 fully saturated rings. The minimum Gasteiger partial charge on any atom is -0.378 e. The van der Waals surface area contributed by atoms with E-state index in [1.54, 1.807) is 7.11 Å². The standard InChI is InChI=1S/C21H23F3N2O2/c1-28-19-14-26(13-15-6-3-2-4-7-15)11-10-18(19)25-20(27)16-8-5-9-17(12-16)21(22,23)24/h2-9,12,18-19H,10-11,13-14H2,1H3,(H,25,27)/t18-,19-/m1/s1. The highest BCUT2D eigenvalue weighted by Crippen LogP contribution is 2.29. The fraction of sp³-hybridized carbons (Fsp3) is 0.381. The van der Waals surface area contributed by atoms with E-state index in [9.17, 15) is 18.0 Å². The Labute approximate surface area is 162 Å². The summed E-state index contributed by atoms with van der Waals surface area (Å²) >= 11 is 0.